The zero-order valence-corrected chi connectivity index (χ0v) is 14.6. The van der Waals surface area contributed by atoms with E-state index in [2.05, 4.69) is 26.8 Å². The van der Waals surface area contributed by atoms with Gasteiger partial charge in [-0.15, -0.1) is 0 Å². The van der Waals surface area contributed by atoms with E-state index in [9.17, 15) is 8.42 Å². The second-order valence-corrected chi connectivity index (χ2v) is 9.18. The Hall–Kier alpha value is -1.61. The summed E-state index contributed by atoms with van der Waals surface area (Å²) in [6, 6.07) is 9.86. The third-order valence-corrected chi connectivity index (χ3v) is 6.45. The van der Waals surface area contributed by atoms with Crippen molar-refractivity contribution in [2.45, 2.75) is 56.2 Å². The lowest BCUT2D eigenvalue weighted by atomic mass is 9.86. The van der Waals surface area contributed by atoms with Crippen molar-refractivity contribution in [2.75, 3.05) is 0 Å². The van der Waals surface area contributed by atoms with Crippen molar-refractivity contribution >= 4 is 9.84 Å². The van der Waals surface area contributed by atoms with Gasteiger partial charge in [-0.05, 0) is 47.6 Å². The average Bonchev–Trinajstić information content (AvgIpc) is 2.35. The highest BCUT2D eigenvalue weighted by Crippen LogP contribution is 2.38. The molecule has 0 bridgehead atoms. The third kappa shape index (κ3) is 2.28. The van der Waals surface area contributed by atoms with E-state index in [0.29, 0.717) is 16.2 Å². The summed E-state index contributed by atoms with van der Waals surface area (Å²) >= 11 is 0. The van der Waals surface area contributed by atoms with Crippen LogP contribution < -0.4 is 0 Å². The van der Waals surface area contributed by atoms with Crippen LogP contribution in [0, 0.1) is 13.8 Å². The Morgan fingerprint density at radius 1 is 0.955 bits per heavy atom. The Balaban J connectivity index is 2.29. The van der Waals surface area contributed by atoms with Crippen molar-refractivity contribution in [1.29, 1.82) is 0 Å². The second-order valence-electron chi connectivity index (χ2n) is 7.32. The van der Waals surface area contributed by atoms with Crippen LogP contribution in [0.3, 0.4) is 0 Å². The predicted octanol–water partition coefficient (Wildman–Crippen LogP) is 4.34. The van der Waals surface area contributed by atoms with Gasteiger partial charge < -0.3 is 0 Å². The first-order chi connectivity index (χ1) is 10.1. The standard InChI is InChI=1S/C19H22O2S/c1-12-8-13(2)18-15(9-12)10-14-6-7-16(19(3,4)5)11-17(14)22(18,20)21/h6-9,11H,10H2,1-5H3. The number of hydrogen-bond acceptors (Lipinski definition) is 2. The van der Waals surface area contributed by atoms with Gasteiger partial charge in [0.25, 0.3) is 0 Å². The minimum Gasteiger partial charge on any atom is -0.218 e. The molecule has 0 radical (unpaired) electrons. The molecule has 116 valence electrons. The number of aryl methyl sites for hydroxylation is 2. The molecule has 0 unspecified atom stereocenters. The van der Waals surface area contributed by atoms with Crippen LogP contribution in [0.5, 0.6) is 0 Å². The Kier molecular flexibility index (Phi) is 3.26. The van der Waals surface area contributed by atoms with E-state index in [0.717, 1.165) is 27.8 Å². The van der Waals surface area contributed by atoms with Crippen molar-refractivity contribution in [2.24, 2.45) is 0 Å². The van der Waals surface area contributed by atoms with E-state index in [4.69, 9.17) is 0 Å². The van der Waals surface area contributed by atoms with Crippen LogP contribution in [-0.2, 0) is 21.7 Å². The summed E-state index contributed by atoms with van der Waals surface area (Å²) in [4.78, 5) is 0.996. The topological polar surface area (TPSA) is 34.1 Å². The maximum Gasteiger partial charge on any atom is 0.207 e. The Bertz CT molecular complexity index is 869. The highest BCUT2D eigenvalue weighted by Gasteiger charge is 2.32. The normalized spacial score (nSPS) is 16.0. The Labute approximate surface area is 133 Å². The molecule has 2 aromatic rings. The minimum absolute atomic E-state index is 0.0624. The van der Waals surface area contributed by atoms with Crippen LogP contribution in [0.25, 0.3) is 0 Å². The fraction of sp³-hybridized carbons (Fsp3) is 0.368. The predicted molar refractivity (Wildman–Crippen MR) is 89.3 cm³/mol. The van der Waals surface area contributed by atoms with Crippen molar-refractivity contribution < 1.29 is 8.42 Å². The molecule has 1 aliphatic heterocycles. The average molecular weight is 314 g/mol. The van der Waals surface area contributed by atoms with Gasteiger partial charge in [-0.25, -0.2) is 8.42 Å². The minimum atomic E-state index is -3.43. The van der Waals surface area contributed by atoms with Crippen LogP contribution in [-0.4, -0.2) is 8.42 Å². The molecule has 0 spiro atoms. The molecule has 2 nitrogen and oxygen atoms in total. The van der Waals surface area contributed by atoms with E-state index in [1.54, 1.807) is 0 Å². The van der Waals surface area contributed by atoms with E-state index in [-0.39, 0.29) is 5.41 Å². The SMILES string of the molecule is Cc1cc(C)c2c(c1)Cc1ccc(C(C)(C)C)cc1S2(=O)=O. The van der Waals surface area contributed by atoms with Crippen molar-refractivity contribution in [3.63, 3.8) is 0 Å². The number of hydrogen-bond donors (Lipinski definition) is 0. The molecule has 3 heteroatoms. The summed E-state index contributed by atoms with van der Waals surface area (Å²) in [7, 11) is -3.43. The lowest BCUT2D eigenvalue weighted by Gasteiger charge is -2.25. The molecule has 0 fully saturated rings. The number of rotatable bonds is 0. The zero-order chi connectivity index (χ0) is 16.3. The van der Waals surface area contributed by atoms with E-state index >= 15 is 0 Å². The molecule has 0 aromatic heterocycles. The van der Waals surface area contributed by atoms with Crippen LogP contribution in [0.1, 0.15) is 48.6 Å². The van der Waals surface area contributed by atoms with Gasteiger partial charge in [-0.2, -0.15) is 0 Å². The third-order valence-electron chi connectivity index (χ3n) is 4.37. The molecular formula is C19H22O2S. The van der Waals surface area contributed by atoms with Crippen LogP contribution >= 0.6 is 0 Å². The molecule has 0 saturated heterocycles. The van der Waals surface area contributed by atoms with Gasteiger partial charge in [-0.3, -0.25) is 0 Å². The fourth-order valence-electron chi connectivity index (χ4n) is 3.29. The first-order valence-electron chi connectivity index (χ1n) is 7.59. The van der Waals surface area contributed by atoms with E-state index in [1.165, 1.54) is 0 Å². The first kappa shape index (κ1) is 15.3. The molecule has 1 heterocycles. The maximum atomic E-state index is 13.1. The number of benzene rings is 2. The molecule has 22 heavy (non-hydrogen) atoms. The van der Waals surface area contributed by atoms with Crippen molar-refractivity contribution in [3.05, 3.63) is 58.1 Å². The van der Waals surface area contributed by atoms with Gasteiger partial charge in [-0.1, -0.05) is 50.6 Å². The highest BCUT2D eigenvalue weighted by atomic mass is 32.2. The van der Waals surface area contributed by atoms with Crippen LogP contribution in [0.15, 0.2) is 40.1 Å². The lowest BCUT2D eigenvalue weighted by Crippen LogP contribution is -2.19. The summed E-state index contributed by atoms with van der Waals surface area (Å²) in [5, 5.41) is 0. The monoisotopic (exact) mass is 314 g/mol. The molecule has 0 saturated carbocycles. The quantitative estimate of drug-likeness (QED) is 0.618. The lowest BCUT2D eigenvalue weighted by molar-refractivity contribution is 0.580. The fourth-order valence-corrected chi connectivity index (χ4v) is 5.24. The van der Waals surface area contributed by atoms with Gasteiger partial charge in [0, 0.05) is 6.42 Å². The Morgan fingerprint density at radius 2 is 1.64 bits per heavy atom. The molecule has 0 atom stereocenters. The molecular weight excluding hydrogens is 292 g/mol. The van der Waals surface area contributed by atoms with Gasteiger partial charge in [0.1, 0.15) is 0 Å². The number of sulfone groups is 1. The first-order valence-corrected chi connectivity index (χ1v) is 9.07. The maximum absolute atomic E-state index is 13.1. The second kappa shape index (κ2) is 4.69. The summed E-state index contributed by atoms with van der Waals surface area (Å²) < 4.78 is 26.2. The summed E-state index contributed by atoms with van der Waals surface area (Å²) in [6.07, 6.45) is 0.691. The molecule has 0 aliphatic carbocycles. The molecule has 0 N–H and O–H groups in total. The Morgan fingerprint density at radius 3 is 2.27 bits per heavy atom. The molecule has 1 aliphatic rings. The summed E-state index contributed by atoms with van der Waals surface area (Å²) in [5.41, 5.74) is 4.79. The van der Waals surface area contributed by atoms with Gasteiger partial charge in [0.15, 0.2) is 0 Å². The van der Waals surface area contributed by atoms with Gasteiger partial charge in [0.2, 0.25) is 9.84 Å². The smallest absolute Gasteiger partial charge is 0.207 e. The molecule has 0 amide bonds. The van der Waals surface area contributed by atoms with Crippen molar-refractivity contribution in [3.8, 4) is 0 Å². The largest absolute Gasteiger partial charge is 0.218 e. The van der Waals surface area contributed by atoms with E-state index in [1.807, 2.05) is 38.1 Å². The number of fused-ring (bicyclic) bond motifs is 2. The molecule has 3 rings (SSSR count). The van der Waals surface area contributed by atoms with Gasteiger partial charge >= 0.3 is 0 Å². The molecule has 2 aromatic carbocycles. The van der Waals surface area contributed by atoms with Crippen LogP contribution in [0.2, 0.25) is 0 Å². The summed E-state index contributed by atoms with van der Waals surface area (Å²) in [5.74, 6) is 0. The van der Waals surface area contributed by atoms with Crippen LogP contribution in [0.4, 0.5) is 0 Å². The van der Waals surface area contributed by atoms with Gasteiger partial charge in [0.05, 0.1) is 9.79 Å². The van der Waals surface area contributed by atoms with Crippen molar-refractivity contribution in [1.82, 2.24) is 0 Å². The van der Waals surface area contributed by atoms with E-state index < -0.39 is 9.84 Å². The highest BCUT2D eigenvalue weighted by molar-refractivity contribution is 7.91. The summed E-state index contributed by atoms with van der Waals surface area (Å²) in [6.45, 7) is 10.2. The zero-order valence-electron chi connectivity index (χ0n) is 13.8.